The highest BCUT2D eigenvalue weighted by Gasteiger charge is 1.93. The van der Waals surface area contributed by atoms with Crippen LogP contribution in [0.2, 0.25) is 0 Å². The van der Waals surface area contributed by atoms with E-state index in [4.69, 9.17) is 0 Å². The molecule has 0 heterocycles. The van der Waals surface area contributed by atoms with E-state index in [1.807, 2.05) is 0 Å². The molecule has 0 aliphatic rings. The molecule has 0 fully saturated rings. The number of carbonyl (C=O) groups excluding carboxylic acids is 2. The molecule has 6 heteroatoms. The van der Waals surface area contributed by atoms with Gasteiger partial charge in [-0.3, -0.25) is 0 Å². The first-order valence-corrected chi connectivity index (χ1v) is 9.52. The van der Waals surface area contributed by atoms with Crippen LogP contribution in [0.1, 0.15) is 89.9 Å². The molecule has 0 aromatic carbocycles. The van der Waals surface area contributed by atoms with E-state index in [-0.39, 0.29) is 12.8 Å². The molecule has 24 heavy (non-hydrogen) atoms. The summed E-state index contributed by atoms with van der Waals surface area (Å²) in [7, 11) is 0. The average molecular weight is 347 g/mol. The van der Waals surface area contributed by atoms with Crippen molar-refractivity contribution >= 4 is 11.9 Å². The highest BCUT2D eigenvalue weighted by Crippen LogP contribution is 2.10. The van der Waals surface area contributed by atoms with Crippen LogP contribution in [0.3, 0.4) is 0 Å². The summed E-state index contributed by atoms with van der Waals surface area (Å²) in [5.74, 6) is -1.92. The van der Waals surface area contributed by atoms with Gasteiger partial charge in [-0.15, -0.1) is 0 Å². The van der Waals surface area contributed by atoms with Crippen LogP contribution in [-0.2, 0) is 9.59 Å². The summed E-state index contributed by atoms with van der Waals surface area (Å²) in [6, 6.07) is 0. The number of carboxylic acid groups (broad SMARTS) is 2. The molecule has 0 aliphatic carbocycles. The molecular formula is C18H38N2O4. The minimum Gasteiger partial charge on any atom is -0.550 e. The highest BCUT2D eigenvalue weighted by molar-refractivity contribution is 5.64. The third kappa shape index (κ3) is 28.9. The third-order valence-corrected chi connectivity index (χ3v) is 3.76. The molecular weight excluding hydrogens is 308 g/mol. The number of hydrogen-bond donors (Lipinski definition) is 2. The third-order valence-electron chi connectivity index (χ3n) is 3.76. The molecule has 6 nitrogen and oxygen atoms in total. The summed E-state index contributed by atoms with van der Waals surface area (Å²) in [5, 5.41) is 20.3. The van der Waals surface area contributed by atoms with Gasteiger partial charge in [0.15, 0.2) is 0 Å². The van der Waals surface area contributed by atoms with Gasteiger partial charge in [-0.1, -0.05) is 44.9 Å². The molecule has 0 amide bonds. The average Bonchev–Trinajstić information content (AvgIpc) is 2.53. The fraction of sp³-hybridized carbons (Fsp3) is 0.889. The van der Waals surface area contributed by atoms with E-state index in [0.29, 0.717) is 12.8 Å². The Morgan fingerprint density at radius 3 is 1.00 bits per heavy atom. The first-order chi connectivity index (χ1) is 11.5. The molecule has 6 N–H and O–H groups in total. The lowest BCUT2D eigenvalue weighted by Crippen LogP contribution is -2.51. The molecule has 0 saturated heterocycles. The van der Waals surface area contributed by atoms with Crippen molar-refractivity contribution in [2.24, 2.45) is 0 Å². The van der Waals surface area contributed by atoms with Crippen LogP contribution in [0, 0.1) is 0 Å². The normalized spacial score (nSPS) is 10.1. The molecule has 0 radical (unpaired) electrons. The van der Waals surface area contributed by atoms with Crippen molar-refractivity contribution in [3.05, 3.63) is 0 Å². The number of aliphatic carboxylic acids is 2. The van der Waals surface area contributed by atoms with Gasteiger partial charge in [0, 0.05) is 11.9 Å². The number of hydrogen-bond acceptors (Lipinski definition) is 4. The van der Waals surface area contributed by atoms with Gasteiger partial charge >= 0.3 is 0 Å². The van der Waals surface area contributed by atoms with E-state index in [1.165, 1.54) is 19.3 Å². The summed E-state index contributed by atoms with van der Waals surface area (Å²) in [6.45, 7) is 2.17. The molecule has 0 atom stereocenters. The van der Waals surface area contributed by atoms with Crippen LogP contribution < -0.4 is 21.7 Å². The SMILES string of the molecule is O=C([O-])CCCCCCCCCCCC(=O)[O-].[NH3+]CCCCC[NH3+]. The first-order valence-electron chi connectivity index (χ1n) is 9.52. The van der Waals surface area contributed by atoms with Gasteiger partial charge in [0.25, 0.3) is 0 Å². The fourth-order valence-corrected chi connectivity index (χ4v) is 2.31. The van der Waals surface area contributed by atoms with Gasteiger partial charge in [0.1, 0.15) is 0 Å². The molecule has 0 bridgehead atoms. The maximum atomic E-state index is 10.1. The second-order valence-corrected chi connectivity index (χ2v) is 6.19. The van der Waals surface area contributed by atoms with Gasteiger partial charge in [-0.2, -0.15) is 0 Å². The Bertz CT molecular complexity index is 260. The van der Waals surface area contributed by atoms with Crippen LogP contribution in [0.5, 0.6) is 0 Å². The second kappa shape index (κ2) is 21.9. The molecule has 0 aromatic rings. The zero-order valence-corrected chi connectivity index (χ0v) is 15.4. The van der Waals surface area contributed by atoms with Crippen molar-refractivity contribution in [2.45, 2.75) is 89.9 Å². The van der Waals surface area contributed by atoms with E-state index in [2.05, 4.69) is 11.5 Å². The Balaban J connectivity index is 0. The minimum atomic E-state index is -0.960. The molecule has 0 unspecified atom stereocenters. The Kier molecular flexibility index (Phi) is 22.9. The van der Waals surface area contributed by atoms with E-state index in [1.54, 1.807) is 0 Å². The first kappa shape index (κ1) is 25.1. The fourth-order valence-electron chi connectivity index (χ4n) is 2.31. The minimum absolute atomic E-state index is 0.170. The van der Waals surface area contributed by atoms with Crippen molar-refractivity contribution in [3.8, 4) is 0 Å². The van der Waals surface area contributed by atoms with Gasteiger partial charge in [-0.05, 0) is 44.9 Å². The number of quaternary nitrogens is 2. The number of carboxylic acids is 2. The van der Waals surface area contributed by atoms with Crippen molar-refractivity contribution in [2.75, 3.05) is 13.1 Å². The van der Waals surface area contributed by atoms with E-state index >= 15 is 0 Å². The summed E-state index contributed by atoms with van der Waals surface area (Å²) < 4.78 is 0. The van der Waals surface area contributed by atoms with Crippen LogP contribution in [0.25, 0.3) is 0 Å². The van der Waals surface area contributed by atoms with E-state index < -0.39 is 11.9 Å². The summed E-state index contributed by atoms with van der Waals surface area (Å²) in [6.07, 6.45) is 13.1. The maximum Gasteiger partial charge on any atom is 0.0739 e. The summed E-state index contributed by atoms with van der Waals surface area (Å²) in [5.41, 5.74) is 7.47. The van der Waals surface area contributed by atoms with E-state index in [9.17, 15) is 19.8 Å². The summed E-state index contributed by atoms with van der Waals surface area (Å²) in [4.78, 5) is 20.3. The molecule has 144 valence electrons. The Labute approximate surface area is 147 Å². The van der Waals surface area contributed by atoms with Crippen LogP contribution in [0.4, 0.5) is 0 Å². The zero-order chi connectivity index (χ0) is 18.5. The zero-order valence-electron chi connectivity index (χ0n) is 15.4. The molecule has 0 aromatic heterocycles. The Morgan fingerprint density at radius 2 is 0.750 bits per heavy atom. The molecule has 0 rings (SSSR count). The predicted octanol–water partition coefficient (Wildman–Crippen LogP) is -0.582. The quantitative estimate of drug-likeness (QED) is 0.361. The standard InChI is InChI=1S/C13H24O4.C5H14N2/c14-12(15)10-8-6-4-2-1-3-5-7-9-11-13(16)17;6-4-2-1-3-5-7/h1-11H2,(H,14,15)(H,16,17);1-7H2. The Morgan fingerprint density at radius 1 is 0.500 bits per heavy atom. The Hall–Kier alpha value is -1.14. The number of unbranched alkanes of at least 4 members (excludes halogenated alkanes) is 10. The largest absolute Gasteiger partial charge is 0.550 e. The van der Waals surface area contributed by atoms with Crippen molar-refractivity contribution in [1.29, 1.82) is 0 Å². The topological polar surface area (TPSA) is 136 Å². The molecule has 0 saturated carbocycles. The van der Waals surface area contributed by atoms with Crippen molar-refractivity contribution in [3.63, 3.8) is 0 Å². The lowest BCUT2D eigenvalue weighted by Gasteiger charge is -2.03. The van der Waals surface area contributed by atoms with Gasteiger partial charge < -0.3 is 31.3 Å². The van der Waals surface area contributed by atoms with Crippen molar-refractivity contribution < 1.29 is 31.3 Å². The van der Waals surface area contributed by atoms with Gasteiger partial charge in [0.2, 0.25) is 0 Å². The number of carbonyl (C=O) groups is 2. The van der Waals surface area contributed by atoms with Gasteiger partial charge in [-0.25, -0.2) is 0 Å². The predicted molar refractivity (Wildman–Crippen MR) is 90.2 cm³/mol. The lowest BCUT2D eigenvalue weighted by atomic mass is 10.1. The number of rotatable bonds is 16. The maximum absolute atomic E-state index is 10.1. The highest BCUT2D eigenvalue weighted by atomic mass is 16.4. The monoisotopic (exact) mass is 346 g/mol. The summed E-state index contributed by atoms with van der Waals surface area (Å²) >= 11 is 0. The smallest absolute Gasteiger partial charge is 0.0739 e. The van der Waals surface area contributed by atoms with Crippen LogP contribution >= 0.6 is 0 Å². The second-order valence-electron chi connectivity index (χ2n) is 6.19. The van der Waals surface area contributed by atoms with Gasteiger partial charge in [0.05, 0.1) is 13.1 Å². The molecule has 0 spiro atoms. The van der Waals surface area contributed by atoms with Crippen LogP contribution in [0.15, 0.2) is 0 Å². The lowest BCUT2D eigenvalue weighted by molar-refractivity contribution is -0.374. The van der Waals surface area contributed by atoms with E-state index in [0.717, 1.165) is 58.0 Å². The van der Waals surface area contributed by atoms with Crippen LogP contribution in [-0.4, -0.2) is 25.0 Å². The molecule has 0 aliphatic heterocycles. The van der Waals surface area contributed by atoms with Crippen molar-refractivity contribution in [1.82, 2.24) is 0 Å².